The molecule has 0 bridgehead atoms. The van der Waals surface area contributed by atoms with Crippen molar-refractivity contribution in [2.75, 3.05) is 0 Å². The summed E-state index contributed by atoms with van der Waals surface area (Å²) in [4.78, 5) is 0.0654. The number of hydrogen-bond donors (Lipinski definition) is 0. The Labute approximate surface area is 149 Å². The van der Waals surface area contributed by atoms with Crippen LogP contribution in [0.3, 0.4) is 0 Å². The molecule has 0 aliphatic heterocycles. The van der Waals surface area contributed by atoms with Crippen molar-refractivity contribution in [1.29, 1.82) is 0 Å². The zero-order chi connectivity index (χ0) is 18.1. The molecule has 0 saturated heterocycles. The molecule has 2 rings (SSSR count). The van der Waals surface area contributed by atoms with Gasteiger partial charge in [0.2, 0.25) is 0 Å². The van der Waals surface area contributed by atoms with Gasteiger partial charge >= 0.3 is 10.1 Å². The summed E-state index contributed by atoms with van der Waals surface area (Å²) in [5.41, 5.74) is 2.29. The third-order valence-electron chi connectivity index (χ3n) is 3.32. The van der Waals surface area contributed by atoms with Crippen molar-refractivity contribution in [1.82, 2.24) is 0 Å². The Morgan fingerprint density at radius 3 is 2.08 bits per heavy atom. The third kappa shape index (κ3) is 5.94. The topological polar surface area (TPSA) is 43.4 Å². The minimum absolute atomic E-state index is 0.0654. The number of hydrogen-bond acceptors (Lipinski definition) is 3. The van der Waals surface area contributed by atoms with E-state index in [-0.39, 0.29) is 4.91 Å². The van der Waals surface area contributed by atoms with E-state index in [1.54, 1.807) is 19.1 Å². The first kappa shape index (κ1) is 18.5. The summed E-state index contributed by atoms with van der Waals surface area (Å²) in [5, 5.41) is 0. The Balaban J connectivity index is 2.40. The average Bonchev–Trinajstić information content (AvgIpc) is 2.64. The van der Waals surface area contributed by atoms with Crippen molar-refractivity contribution in [2.24, 2.45) is 0 Å². The van der Waals surface area contributed by atoms with E-state index in [0.717, 1.165) is 11.1 Å². The maximum absolute atomic E-state index is 12.6. The minimum Gasteiger partial charge on any atom is -0.387 e. The molecular weight excluding hydrogens is 332 g/mol. The van der Waals surface area contributed by atoms with Crippen LogP contribution >= 0.6 is 0 Å². The normalized spacial score (nSPS) is 13.0. The second-order valence-electron chi connectivity index (χ2n) is 5.32. The van der Waals surface area contributed by atoms with Gasteiger partial charge in [0.1, 0.15) is 11.2 Å². The van der Waals surface area contributed by atoms with E-state index in [9.17, 15) is 8.42 Å². The van der Waals surface area contributed by atoms with Crippen LogP contribution in [-0.2, 0) is 14.3 Å². The lowest BCUT2D eigenvalue weighted by atomic mass is 10.2. The molecule has 3 nitrogen and oxygen atoms in total. The summed E-state index contributed by atoms with van der Waals surface area (Å²) in [6, 6.07) is 18.7. The predicted octanol–water partition coefficient (Wildman–Crippen LogP) is 5.18. The van der Waals surface area contributed by atoms with Crippen LogP contribution in [0.1, 0.15) is 18.1 Å². The molecule has 4 heteroatoms. The molecule has 0 saturated carbocycles. The summed E-state index contributed by atoms with van der Waals surface area (Å²) in [7, 11) is -3.95. The summed E-state index contributed by atoms with van der Waals surface area (Å²) in [6.45, 7) is 5.29. The lowest BCUT2D eigenvalue weighted by Crippen LogP contribution is -2.04. The van der Waals surface area contributed by atoms with Gasteiger partial charge in [0.05, 0.1) is 0 Å². The molecule has 0 fully saturated rings. The molecule has 0 radical (unpaired) electrons. The van der Waals surface area contributed by atoms with Crippen LogP contribution in [0, 0.1) is 0 Å². The Morgan fingerprint density at radius 2 is 1.52 bits per heavy atom. The van der Waals surface area contributed by atoms with Crippen molar-refractivity contribution in [3.63, 3.8) is 0 Å². The van der Waals surface area contributed by atoms with Crippen LogP contribution in [0.4, 0.5) is 0 Å². The fourth-order valence-electron chi connectivity index (χ4n) is 1.90. The van der Waals surface area contributed by atoms with Crippen LogP contribution in [0.2, 0.25) is 0 Å². The highest BCUT2D eigenvalue weighted by molar-refractivity contribution is 7.91. The molecule has 0 atom stereocenters. The highest BCUT2D eigenvalue weighted by Crippen LogP contribution is 2.18. The molecule has 0 N–H and O–H groups in total. The zero-order valence-electron chi connectivity index (χ0n) is 14.0. The molecule has 0 amide bonds. The quantitative estimate of drug-likeness (QED) is 0.392. The molecule has 0 unspecified atom stereocenters. The molecular formula is C21H20O3S. The summed E-state index contributed by atoms with van der Waals surface area (Å²) < 4.78 is 30.1. The maximum Gasteiger partial charge on any atom is 0.338 e. The van der Waals surface area contributed by atoms with Crippen LogP contribution in [0.15, 0.2) is 96.1 Å². The van der Waals surface area contributed by atoms with E-state index in [2.05, 4.69) is 6.58 Å². The highest BCUT2D eigenvalue weighted by atomic mass is 32.2. The predicted molar refractivity (Wildman–Crippen MR) is 104 cm³/mol. The summed E-state index contributed by atoms with van der Waals surface area (Å²) in [5.74, 6) is 0. The van der Waals surface area contributed by atoms with Gasteiger partial charge in [0, 0.05) is 0 Å². The molecule has 0 spiro atoms. The Bertz CT molecular complexity index is 891. The minimum atomic E-state index is -3.95. The molecule has 128 valence electrons. The van der Waals surface area contributed by atoms with Crippen LogP contribution in [-0.4, -0.2) is 8.42 Å². The van der Waals surface area contributed by atoms with Gasteiger partial charge in [-0.15, -0.1) is 0 Å². The number of benzene rings is 2. The van der Waals surface area contributed by atoms with Gasteiger partial charge < -0.3 is 4.18 Å². The van der Waals surface area contributed by atoms with Crippen molar-refractivity contribution in [3.8, 4) is 0 Å². The van der Waals surface area contributed by atoms with Gasteiger partial charge in [-0.3, -0.25) is 0 Å². The molecule has 2 aromatic carbocycles. The zero-order valence-corrected chi connectivity index (χ0v) is 14.8. The van der Waals surface area contributed by atoms with Crippen LogP contribution in [0.25, 0.3) is 12.2 Å². The van der Waals surface area contributed by atoms with Gasteiger partial charge in [-0.2, -0.15) is 8.42 Å². The van der Waals surface area contributed by atoms with Crippen molar-refractivity contribution in [2.45, 2.75) is 6.92 Å². The van der Waals surface area contributed by atoms with Gasteiger partial charge in [-0.25, -0.2) is 0 Å². The molecule has 25 heavy (non-hydrogen) atoms. The fraction of sp³-hybridized carbons (Fsp3) is 0.0476. The van der Waals surface area contributed by atoms with Gasteiger partial charge in [0.15, 0.2) is 0 Å². The largest absolute Gasteiger partial charge is 0.387 e. The van der Waals surface area contributed by atoms with E-state index >= 15 is 0 Å². The first-order valence-corrected chi connectivity index (χ1v) is 9.14. The molecule has 0 aliphatic rings. The number of rotatable bonds is 7. The van der Waals surface area contributed by atoms with Gasteiger partial charge in [-0.1, -0.05) is 79.4 Å². The van der Waals surface area contributed by atoms with Crippen molar-refractivity contribution in [3.05, 3.63) is 107 Å². The monoisotopic (exact) mass is 352 g/mol. The van der Waals surface area contributed by atoms with E-state index < -0.39 is 10.1 Å². The lowest BCUT2D eigenvalue weighted by molar-refractivity contribution is 0.449. The van der Waals surface area contributed by atoms with Gasteiger partial charge in [-0.05, 0) is 35.8 Å². The maximum atomic E-state index is 12.6. The number of allylic oxidation sites excluding steroid dienone is 3. The fourth-order valence-corrected chi connectivity index (χ4v) is 2.81. The SMILES string of the molecule is C=CC(C)=COS(=O)(=O)C(C=Cc1ccccc1)=Cc1ccccc1. The van der Waals surface area contributed by atoms with Crippen molar-refractivity contribution < 1.29 is 12.6 Å². The van der Waals surface area contributed by atoms with E-state index in [4.69, 9.17) is 4.18 Å². The first-order valence-electron chi connectivity index (χ1n) is 7.73. The van der Waals surface area contributed by atoms with Gasteiger partial charge in [0.25, 0.3) is 0 Å². The second-order valence-corrected chi connectivity index (χ2v) is 6.89. The summed E-state index contributed by atoms with van der Waals surface area (Å²) in [6.07, 6.45) is 7.55. The Kier molecular flexibility index (Phi) is 6.54. The lowest BCUT2D eigenvalue weighted by Gasteiger charge is -2.05. The standard InChI is InChI=1S/C21H20O3S/c1-3-18(2)17-24-25(22,23)21(16-20-12-8-5-9-13-20)15-14-19-10-6-4-7-11-19/h3-17H,1H2,2H3. The van der Waals surface area contributed by atoms with Crippen LogP contribution in [0.5, 0.6) is 0 Å². The first-order chi connectivity index (χ1) is 12.0. The van der Waals surface area contributed by atoms with E-state index in [1.807, 2.05) is 60.7 Å². The average molecular weight is 352 g/mol. The molecule has 0 aromatic heterocycles. The summed E-state index contributed by atoms with van der Waals surface area (Å²) >= 11 is 0. The smallest absolute Gasteiger partial charge is 0.338 e. The van der Waals surface area contributed by atoms with E-state index in [0.29, 0.717) is 5.57 Å². The Hall–Kier alpha value is -2.85. The second kappa shape index (κ2) is 8.85. The third-order valence-corrected chi connectivity index (χ3v) is 4.50. The highest BCUT2D eigenvalue weighted by Gasteiger charge is 2.16. The molecule has 0 heterocycles. The van der Waals surface area contributed by atoms with Crippen LogP contribution < -0.4 is 0 Å². The van der Waals surface area contributed by atoms with E-state index in [1.165, 1.54) is 18.4 Å². The molecule has 2 aromatic rings. The molecule has 0 aliphatic carbocycles. The Morgan fingerprint density at radius 1 is 0.960 bits per heavy atom. The van der Waals surface area contributed by atoms with Crippen molar-refractivity contribution >= 4 is 22.3 Å².